The third-order valence-electron chi connectivity index (χ3n) is 3.33. The average molecular weight is 361 g/mol. The van der Waals surface area contributed by atoms with Gasteiger partial charge in [0.15, 0.2) is 0 Å². The topological polar surface area (TPSA) is 41.1 Å². The first-order chi connectivity index (χ1) is 10.3. The van der Waals surface area contributed by atoms with Crippen molar-refractivity contribution in [2.24, 2.45) is 0 Å². The fourth-order valence-electron chi connectivity index (χ4n) is 2.01. The minimum atomic E-state index is -0.0674. The van der Waals surface area contributed by atoms with Crippen molar-refractivity contribution in [1.29, 1.82) is 0 Å². The van der Waals surface area contributed by atoms with Crippen LogP contribution in [-0.4, -0.2) is 12.5 Å². The molecule has 0 aliphatic carbocycles. The van der Waals surface area contributed by atoms with Crippen molar-refractivity contribution < 1.29 is 4.79 Å². The van der Waals surface area contributed by atoms with Crippen LogP contribution in [0.25, 0.3) is 0 Å². The zero-order valence-electron chi connectivity index (χ0n) is 13.1. The Bertz CT molecular complexity index is 628. The van der Waals surface area contributed by atoms with Crippen molar-refractivity contribution in [3.05, 3.63) is 58.6 Å². The lowest BCUT2D eigenvalue weighted by atomic mass is 9.87. The molecule has 3 nitrogen and oxygen atoms in total. The van der Waals surface area contributed by atoms with E-state index < -0.39 is 0 Å². The molecule has 0 fully saturated rings. The molecule has 116 valence electrons. The first-order valence-electron chi connectivity index (χ1n) is 7.24. The summed E-state index contributed by atoms with van der Waals surface area (Å²) in [5.41, 5.74) is 3.15. The number of anilines is 2. The van der Waals surface area contributed by atoms with E-state index in [0.717, 1.165) is 15.8 Å². The van der Waals surface area contributed by atoms with Gasteiger partial charge in [0, 0.05) is 15.8 Å². The van der Waals surface area contributed by atoms with Crippen LogP contribution in [0.3, 0.4) is 0 Å². The van der Waals surface area contributed by atoms with Crippen molar-refractivity contribution in [3.63, 3.8) is 0 Å². The maximum Gasteiger partial charge on any atom is 0.243 e. The van der Waals surface area contributed by atoms with Gasteiger partial charge in [-0.1, -0.05) is 48.8 Å². The maximum atomic E-state index is 11.9. The van der Waals surface area contributed by atoms with Gasteiger partial charge in [0.2, 0.25) is 5.91 Å². The SMILES string of the molecule is CC(C)(C)c1ccc(NCC(=O)Nc2ccc(Br)cc2)cc1. The third kappa shape index (κ3) is 4.88. The number of benzene rings is 2. The van der Waals surface area contributed by atoms with E-state index in [-0.39, 0.29) is 17.9 Å². The number of nitrogens with one attached hydrogen (secondary N) is 2. The predicted molar refractivity (Wildman–Crippen MR) is 96.4 cm³/mol. The molecular weight excluding hydrogens is 340 g/mol. The van der Waals surface area contributed by atoms with Crippen LogP contribution in [0.15, 0.2) is 53.0 Å². The molecule has 0 radical (unpaired) electrons. The van der Waals surface area contributed by atoms with Crippen LogP contribution in [0.4, 0.5) is 11.4 Å². The van der Waals surface area contributed by atoms with E-state index in [9.17, 15) is 4.79 Å². The summed E-state index contributed by atoms with van der Waals surface area (Å²) >= 11 is 3.37. The molecule has 1 amide bonds. The lowest BCUT2D eigenvalue weighted by Crippen LogP contribution is -2.21. The van der Waals surface area contributed by atoms with Gasteiger partial charge in [-0.2, -0.15) is 0 Å². The first-order valence-corrected chi connectivity index (χ1v) is 8.04. The normalized spacial score (nSPS) is 11.1. The van der Waals surface area contributed by atoms with Crippen LogP contribution in [-0.2, 0) is 10.2 Å². The Morgan fingerprint density at radius 2 is 1.50 bits per heavy atom. The highest BCUT2D eigenvalue weighted by molar-refractivity contribution is 9.10. The Morgan fingerprint density at radius 1 is 0.955 bits per heavy atom. The number of carbonyl (C=O) groups excluding carboxylic acids is 1. The second-order valence-corrected chi connectivity index (χ2v) is 7.15. The van der Waals surface area contributed by atoms with Gasteiger partial charge in [-0.3, -0.25) is 4.79 Å². The van der Waals surface area contributed by atoms with Crippen molar-refractivity contribution in [2.45, 2.75) is 26.2 Å². The van der Waals surface area contributed by atoms with Crippen LogP contribution < -0.4 is 10.6 Å². The molecule has 0 bridgehead atoms. The summed E-state index contributed by atoms with van der Waals surface area (Å²) in [5, 5.41) is 5.99. The minimum absolute atomic E-state index is 0.0674. The van der Waals surface area contributed by atoms with Gasteiger partial charge in [-0.05, 0) is 47.4 Å². The number of rotatable bonds is 4. The van der Waals surface area contributed by atoms with E-state index in [0.29, 0.717) is 0 Å². The van der Waals surface area contributed by atoms with Gasteiger partial charge in [0.05, 0.1) is 6.54 Å². The summed E-state index contributed by atoms with van der Waals surface area (Å²) in [5.74, 6) is -0.0674. The van der Waals surface area contributed by atoms with E-state index >= 15 is 0 Å². The zero-order valence-corrected chi connectivity index (χ0v) is 14.7. The molecule has 0 atom stereocenters. The quantitative estimate of drug-likeness (QED) is 0.822. The summed E-state index contributed by atoms with van der Waals surface area (Å²) in [6.45, 7) is 6.79. The zero-order chi connectivity index (χ0) is 16.2. The molecule has 0 spiro atoms. The number of halogens is 1. The van der Waals surface area contributed by atoms with E-state index in [1.807, 2.05) is 36.4 Å². The number of amides is 1. The molecule has 0 aromatic heterocycles. The molecule has 2 N–H and O–H groups in total. The highest BCUT2D eigenvalue weighted by Gasteiger charge is 2.12. The largest absolute Gasteiger partial charge is 0.376 e. The van der Waals surface area contributed by atoms with Crippen molar-refractivity contribution in [1.82, 2.24) is 0 Å². The third-order valence-corrected chi connectivity index (χ3v) is 3.86. The predicted octanol–water partition coefficient (Wildman–Crippen LogP) is 4.80. The standard InChI is InChI=1S/C18H21BrN2O/c1-18(2,3)13-4-8-15(9-5-13)20-12-17(22)21-16-10-6-14(19)7-11-16/h4-11,20H,12H2,1-3H3,(H,21,22). The van der Waals surface area contributed by atoms with E-state index in [4.69, 9.17) is 0 Å². The first kappa shape index (κ1) is 16.6. The lowest BCUT2D eigenvalue weighted by Gasteiger charge is -2.19. The molecule has 0 heterocycles. The highest BCUT2D eigenvalue weighted by atomic mass is 79.9. The fourth-order valence-corrected chi connectivity index (χ4v) is 2.27. The van der Waals surface area contributed by atoms with Crippen LogP contribution in [0.5, 0.6) is 0 Å². The monoisotopic (exact) mass is 360 g/mol. The van der Waals surface area contributed by atoms with E-state index in [1.54, 1.807) is 0 Å². The molecule has 0 aliphatic heterocycles. The molecule has 0 unspecified atom stereocenters. The molecule has 0 aliphatic rings. The van der Waals surface area contributed by atoms with Crippen molar-refractivity contribution in [3.8, 4) is 0 Å². The second kappa shape index (κ2) is 6.97. The van der Waals surface area contributed by atoms with Gasteiger partial charge in [0.1, 0.15) is 0 Å². The molecule has 2 aromatic rings. The highest BCUT2D eigenvalue weighted by Crippen LogP contribution is 2.23. The van der Waals surface area contributed by atoms with Gasteiger partial charge in [-0.25, -0.2) is 0 Å². The smallest absolute Gasteiger partial charge is 0.243 e. The maximum absolute atomic E-state index is 11.9. The number of hydrogen-bond acceptors (Lipinski definition) is 2. The molecule has 0 saturated heterocycles. The Hall–Kier alpha value is -1.81. The van der Waals surface area contributed by atoms with E-state index in [1.165, 1.54) is 5.56 Å². The summed E-state index contributed by atoms with van der Waals surface area (Å²) in [6.07, 6.45) is 0. The van der Waals surface area contributed by atoms with Crippen molar-refractivity contribution >= 4 is 33.2 Å². The summed E-state index contributed by atoms with van der Waals surface area (Å²) in [7, 11) is 0. The Balaban J connectivity index is 1.87. The average Bonchev–Trinajstić information content (AvgIpc) is 2.47. The molecule has 2 aromatic carbocycles. The fraction of sp³-hybridized carbons (Fsp3) is 0.278. The lowest BCUT2D eigenvalue weighted by molar-refractivity contribution is -0.114. The molecule has 22 heavy (non-hydrogen) atoms. The summed E-state index contributed by atoms with van der Waals surface area (Å²) < 4.78 is 0.988. The van der Waals surface area contributed by atoms with Crippen LogP contribution in [0, 0.1) is 0 Å². The summed E-state index contributed by atoms with van der Waals surface area (Å²) in [4.78, 5) is 11.9. The van der Waals surface area contributed by atoms with Crippen LogP contribution in [0.2, 0.25) is 0 Å². The second-order valence-electron chi connectivity index (χ2n) is 6.24. The summed E-state index contributed by atoms with van der Waals surface area (Å²) in [6, 6.07) is 15.7. The van der Waals surface area contributed by atoms with Crippen molar-refractivity contribution in [2.75, 3.05) is 17.2 Å². The number of carbonyl (C=O) groups is 1. The number of hydrogen-bond donors (Lipinski definition) is 2. The van der Waals surface area contributed by atoms with Gasteiger partial charge in [0.25, 0.3) is 0 Å². The molecule has 0 saturated carbocycles. The Kier molecular flexibility index (Phi) is 5.24. The molecule has 4 heteroatoms. The Morgan fingerprint density at radius 3 is 2.05 bits per heavy atom. The van der Waals surface area contributed by atoms with Gasteiger partial charge in [-0.15, -0.1) is 0 Å². The minimum Gasteiger partial charge on any atom is -0.376 e. The van der Waals surface area contributed by atoms with Crippen LogP contribution in [0.1, 0.15) is 26.3 Å². The van der Waals surface area contributed by atoms with Gasteiger partial charge < -0.3 is 10.6 Å². The van der Waals surface area contributed by atoms with E-state index in [2.05, 4.69) is 59.5 Å². The van der Waals surface area contributed by atoms with Crippen LogP contribution >= 0.6 is 15.9 Å². The Labute approximate surface area is 140 Å². The van der Waals surface area contributed by atoms with Gasteiger partial charge >= 0.3 is 0 Å². The molecular formula is C18H21BrN2O. The molecule has 2 rings (SSSR count).